The third-order valence-electron chi connectivity index (χ3n) is 2.62. The van der Waals surface area contributed by atoms with Crippen LogP contribution in [0.15, 0.2) is 22.7 Å². The number of methoxy groups -OCH3 is 1. The maximum absolute atomic E-state index is 12.1. The number of benzene rings is 1. The van der Waals surface area contributed by atoms with Crippen LogP contribution in [0, 0.1) is 0 Å². The SMILES string of the molecule is CCCNC(C(=O)OCC)c1cc(Br)ccc1OC. The number of rotatable bonds is 7. The smallest absolute Gasteiger partial charge is 0.327 e. The van der Waals surface area contributed by atoms with E-state index in [1.54, 1.807) is 14.0 Å². The standard InChI is InChI=1S/C14H20BrNO3/c1-4-8-16-13(14(17)19-5-2)11-9-10(15)6-7-12(11)18-3/h6-7,9,13,16H,4-5,8H2,1-3H3. The summed E-state index contributed by atoms with van der Waals surface area (Å²) in [5.41, 5.74) is 0.781. The van der Waals surface area contributed by atoms with Gasteiger partial charge >= 0.3 is 5.97 Å². The van der Waals surface area contributed by atoms with Crippen molar-refractivity contribution in [1.82, 2.24) is 5.32 Å². The van der Waals surface area contributed by atoms with Gasteiger partial charge in [-0.25, -0.2) is 4.79 Å². The minimum Gasteiger partial charge on any atom is -0.496 e. The molecule has 1 rings (SSSR count). The van der Waals surface area contributed by atoms with Crippen LogP contribution in [-0.4, -0.2) is 26.2 Å². The molecule has 0 amide bonds. The Kier molecular flexibility index (Phi) is 6.87. The van der Waals surface area contributed by atoms with Gasteiger partial charge in [-0.3, -0.25) is 0 Å². The molecule has 0 aliphatic heterocycles. The van der Waals surface area contributed by atoms with Gasteiger partial charge in [0, 0.05) is 10.0 Å². The van der Waals surface area contributed by atoms with Gasteiger partial charge in [-0.2, -0.15) is 0 Å². The summed E-state index contributed by atoms with van der Waals surface area (Å²) in [6.07, 6.45) is 0.937. The van der Waals surface area contributed by atoms with E-state index in [1.807, 2.05) is 25.1 Å². The second-order valence-electron chi connectivity index (χ2n) is 4.03. The molecule has 1 unspecified atom stereocenters. The van der Waals surface area contributed by atoms with E-state index in [-0.39, 0.29) is 5.97 Å². The summed E-state index contributed by atoms with van der Waals surface area (Å²) in [5, 5.41) is 3.20. The van der Waals surface area contributed by atoms with Crippen LogP contribution in [0.25, 0.3) is 0 Å². The third-order valence-corrected chi connectivity index (χ3v) is 3.12. The monoisotopic (exact) mass is 329 g/mol. The molecule has 0 heterocycles. The van der Waals surface area contributed by atoms with Crippen LogP contribution >= 0.6 is 15.9 Å². The van der Waals surface area contributed by atoms with Crippen molar-refractivity contribution in [2.24, 2.45) is 0 Å². The molecule has 5 heteroatoms. The molecule has 1 aromatic rings. The molecule has 4 nitrogen and oxygen atoms in total. The first-order chi connectivity index (χ1) is 9.13. The lowest BCUT2D eigenvalue weighted by Crippen LogP contribution is -2.31. The van der Waals surface area contributed by atoms with Crippen molar-refractivity contribution < 1.29 is 14.3 Å². The zero-order valence-corrected chi connectivity index (χ0v) is 13.1. The average molecular weight is 330 g/mol. The molecule has 1 atom stereocenters. The molecule has 1 N–H and O–H groups in total. The highest BCUT2D eigenvalue weighted by Gasteiger charge is 2.24. The number of carbonyl (C=O) groups excluding carboxylic acids is 1. The van der Waals surface area contributed by atoms with Gasteiger partial charge in [0.25, 0.3) is 0 Å². The summed E-state index contributed by atoms with van der Waals surface area (Å²) >= 11 is 3.41. The maximum Gasteiger partial charge on any atom is 0.327 e. The fourth-order valence-corrected chi connectivity index (χ4v) is 2.14. The van der Waals surface area contributed by atoms with Crippen molar-refractivity contribution in [2.75, 3.05) is 20.3 Å². The molecule has 0 saturated carbocycles. The summed E-state index contributed by atoms with van der Waals surface area (Å²) in [4.78, 5) is 12.1. The van der Waals surface area contributed by atoms with Crippen LogP contribution in [-0.2, 0) is 9.53 Å². The van der Waals surface area contributed by atoms with Gasteiger partial charge < -0.3 is 14.8 Å². The first-order valence-corrected chi connectivity index (χ1v) is 7.16. The van der Waals surface area contributed by atoms with Crippen molar-refractivity contribution in [1.29, 1.82) is 0 Å². The molecular weight excluding hydrogens is 310 g/mol. The lowest BCUT2D eigenvalue weighted by molar-refractivity contribution is -0.145. The van der Waals surface area contributed by atoms with E-state index in [4.69, 9.17) is 9.47 Å². The summed E-state index contributed by atoms with van der Waals surface area (Å²) in [6, 6.07) is 5.08. The van der Waals surface area contributed by atoms with E-state index in [0.29, 0.717) is 12.4 Å². The highest BCUT2D eigenvalue weighted by Crippen LogP contribution is 2.29. The molecule has 0 aromatic heterocycles. The molecule has 19 heavy (non-hydrogen) atoms. The van der Waals surface area contributed by atoms with Crippen LogP contribution < -0.4 is 10.1 Å². The van der Waals surface area contributed by atoms with E-state index in [9.17, 15) is 4.79 Å². The summed E-state index contributed by atoms with van der Waals surface area (Å²) in [5.74, 6) is 0.386. The first-order valence-electron chi connectivity index (χ1n) is 6.37. The Hall–Kier alpha value is -1.07. The molecule has 0 bridgehead atoms. The van der Waals surface area contributed by atoms with Crippen LogP contribution in [0.3, 0.4) is 0 Å². The Morgan fingerprint density at radius 1 is 1.42 bits per heavy atom. The minimum atomic E-state index is -0.507. The van der Waals surface area contributed by atoms with Gasteiger partial charge in [-0.05, 0) is 38.1 Å². The highest BCUT2D eigenvalue weighted by atomic mass is 79.9. The largest absolute Gasteiger partial charge is 0.496 e. The molecule has 0 spiro atoms. The number of ether oxygens (including phenoxy) is 2. The van der Waals surface area contributed by atoms with Crippen molar-refractivity contribution in [2.45, 2.75) is 26.3 Å². The number of esters is 1. The second kappa shape index (κ2) is 8.17. The Bertz CT molecular complexity index is 423. The van der Waals surface area contributed by atoms with Gasteiger partial charge in [0.1, 0.15) is 11.8 Å². The maximum atomic E-state index is 12.1. The van der Waals surface area contributed by atoms with Gasteiger partial charge in [-0.1, -0.05) is 22.9 Å². The summed E-state index contributed by atoms with van der Waals surface area (Å²) in [7, 11) is 1.59. The summed E-state index contributed by atoms with van der Waals surface area (Å²) in [6.45, 7) is 4.94. The lowest BCUT2D eigenvalue weighted by atomic mass is 10.1. The van der Waals surface area contributed by atoms with Crippen LogP contribution in [0.5, 0.6) is 5.75 Å². The fraction of sp³-hybridized carbons (Fsp3) is 0.500. The molecule has 0 radical (unpaired) electrons. The zero-order valence-electron chi connectivity index (χ0n) is 11.5. The summed E-state index contributed by atoms with van der Waals surface area (Å²) < 4.78 is 11.3. The Balaban J connectivity index is 3.07. The first kappa shape index (κ1) is 16.0. The molecule has 0 aliphatic carbocycles. The second-order valence-corrected chi connectivity index (χ2v) is 4.94. The molecule has 0 aliphatic rings. The fourth-order valence-electron chi connectivity index (χ4n) is 1.77. The zero-order chi connectivity index (χ0) is 14.3. The van der Waals surface area contributed by atoms with E-state index >= 15 is 0 Å². The van der Waals surface area contributed by atoms with E-state index in [2.05, 4.69) is 21.2 Å². The van der Waals surface area contributed by atoms with Crippen LogP contribution in [0.1, 0.15) is 31.9 Å². The van der Waals surface area contributed by atoms with Crippen LogP contribution in [0.2, 0.25) is 0 Å². The average Bonchev–Trinajstić information content (AvgIpc) is 2.40. The lowest BCUT2D eigenvalue weighted by Gasteiger charge is -2.20. The number of halogens is 1. The van der Waals surface area contributed by atoms with E-state index in [1.165, 1.54) is 0 Å². The van der Waals surface area contributed by atoms with E-state index < -0.39 is 6.04 Å². The molecule has 0 fully saturated rings. The molecule has 0 saturated heterocycles. The predicted molar refractivity (Wildman–Crippen MR) is 78.4 cm³/mol. The number of hydrogen-bond acceptors (Lipinski definition) is 4. The van der Waals surface area contributed by atoms with Gasteiger partial charge in [-0.15, -0.1) is 0 Å². The molecular formula is C14H20BrNO3. The Morgan fingerprint density at radius 2 is 2.16 bits per heavy atom. The quantitative estimate of drug-likeness (QED) is 0.781. The Labute approximate surface area is 122 Å². The van der Waals surface area contributed by atoms with E-state index in [0.717, 1.165) is 23.0 Å². The number of hydrogen-bond donors (Lipinski definition) is 1. The molecule has 1 aromatic carbocycles. The Morgan fingerprint density at radius 3 is 2.74 bits per heavy atom. The normalized spacial score (nSPS) is 12.0. The topological polar surface area (TPSA) is 47.6 Å². The highest BCUT2D eigenvalue weighted by molar-refractivity contribution is 9.10. The van der Waals surface area contributed by atoms with Gasteiger partial charge in [0.15, 0.2) is 0 Å². The predicted octanol–water partition coefficient (Wildman–Crippen LogP) is 3.06. The number of nitrogens with one attached hydrogen (secondary N) is 1. The van der Waals surface area contributed by atoms with Crippen molar-refractivity contribution in [3.05, 3.63) is 28.2 Å². The van der Waals surface area contributed by atoms with Gasteiger partial charge in [0.2, 0.25) is 0 Å². The van der Waals surface area contributed by atoms with Crippen molar-refractivity contribution in [3.8, 4) is 5.75 Å². The van der Waals surface area contributed by atoms with Crippen molar-refractivity contribution in [3.63, 3.8) is 0 Å². The number of carbonyl (C=O) groups is 1. The molecule has 106 valence electrons. The third kappa shape index (κ3) is 4.51. The van der Waals surface area contributed by atoms with Gasteiger partial charge in [0.05, 0.1) is 13.7 Å². The van der Waals surface area contributed by atoms with Crippen LogP contribution in [0.4, 0.5) is 0 Å². The van der Waals surface area contributed by atoms with Crippen molar-refractivity contribution >= 4 is 21.9 Å². The minimum absolute atomic E-state index is 0.285.